The summed E-state index contributed by atoms with van der Waals surface area (Å²) in [5, 5.41) is 16.6. The van der Waals surface area contributed by atoms with Crippen LogP contribution >= 0.6 is 11.8 Å². The Kier molecular flexibility index (Phi) is 7.16. The number of amides is 2. The van der Waals surface area contributed by atoms with Crippen molar-refractivity contribution in [1.82, 2.24) is 20.4 Å². The summed E-state index contributed by atoms with van der Waals surface area (Å²) in [5.74, 6) is -1.68. The van der Waals surface area contributed by atoms with Crippen LogP contribution in [-0.4, -0.2) is 88.5 Å². The number of β-lactam (4-membered cyclic amide) rings is 1. The van der Waals surface area contributed by atoms with Crippen molar-refractivity contribution in [2.24, 2.45) is 17.8 Å². The van der Waals surface area contributed by atoms with Crippen LogP contribution in [0, 0.1) is 17.8 Å². The molecule has 0 aromatic heterocycles. The predicted octanol–water partition coefficient (Wildman–Crippen LogP) is 0.660. The summed E-state index contributed by atoms with van der Waals surface area (Å²) in [7, 11) is 0. The van der Waals surface area contributed by atoms with E-state index in [1.807, 2.05) is 18.7 Å². The SMILES string of the molecule is CC(=O)C[C@H](C)[C@H]1C(=O)N2C(C(=O)O)=C(S[C@@H]3CN[C@H](C(=O)N4CCCNCC4)C3)[C@H](C)[C@H]12. The van der Waals surface area contributed by atoms with Gasteiger partial charge in [0.2, 0.25) is 11.8 Å². The highest BCUT2D eigenvalue weighted by molar-refractivity contribution is 8.03. The molecule has 2 amide bonds. The Bertz CT molecular complexity index is 869. The molecule has 3 saturated heterocycles. The molecule has 0 aromatic rings. The number of hydrogen-bond donors (Lipinski definition) is 3. The number of ketones is 1. The number of carboxylic acids is 1. The molecular formula is C23H34N4O5S. The van der Waals surface area contributed by atoms with Gasteiger partial charge in [-0.05, 0) is 32.2 Å². The van der Waals surface area contributed by atoms with Gasteiger partial charge in [-0.15, -0.1) is 11.8 Å². The summed E-state index contributed by atoms with van der Waals surface area (Å²) in [4.78, 5) is 53.7. The first-order chi connectivity index (χ1) is 15.7. The van der Waals surface area contributed by atoms with Gasteiger partial charge in [0.15, 0.2) is 0 Å². The Labute approximate surface area is 198 Å². The highest BCUT2D eigenvalue weighted by Crippen LogP contribution is 2.53. The van der Waals surface area contributed by atoms with Crippen LogP contribution in [0.25, 0.3) is 0 Å². The fourth-order valence-corrected chi connectivity index (χ4v) is 7.27. The van der Waals surface area contributed by atoms with Gasteiger partial charge >= 0.3 is 5.97 Å². The second kappa shape index (κ2) is 9.76. The van der Waals surface area contributed by atoms with Crippen molar-refractivity contribution in [2.75, 3.05) is 32.7 Å². The zero-order chi connectivity index (χ0) is 23.9. The zero-order valence-electron chi connectivity index (χ0n) is 19.5. The van der Waals surface area contributed by atoms with Gasteiger partial charge in [0, 0.05) is 48.7 Å². The van der Waals surface area contributed by atoms with Crippen molar-refractivity contribution in [2.45, 2.75) is 57.4 Å². The van der Waals surface area contributed by atoms with Crippen LogP contribution in [0.5, 0.6) is 0 Å². The Morgan fingerprint density at radius 3 is 2.70 bits per heavy atom. The molecule has 6 atom stereocenters. The van der Waals surface area contributed by atoms with E-state index in [0.29, 0.717) is 25.9 Å². The van der Waals surface area contributed by atoms with Gasteiger partial charge in [-0.25, -0.2) is 4.79 Å². The van der Waals surface area contributed by atoms with Gasteiger partial charge in [0.1, 0.15) is 11.5 Å². The highest BCUT2D eigenvalue weighted by atomic mass is 32.2. The normalized spacial score (nSPS) is 32.9. The predicted molar refractivity (Wildman–Crippen MR) is 124 cm³/mol. The lowest BCUT2D eigenvalue weighted by Crippen LogP contribution is -2.62. The Hall–Kier alpha value is -1.91. The molecule has 3 fully saturated rings. The topological polar surface area (TPSA) is 119 Å². The number of hydrogen-bond acceptors (Lipinski definition) is 7. The highest BCUT2D eigenvalue weighted by Gasteiger charge is 2.60. The molecule has 182 valence electrons. The van der Waals surface area contributed by atoms with Crippen molar-refractivity contribution in [3.8, 4) is 0 Å². The molecule has 0 unspecified atom stereocenters. The lowest BCUT2D eigenvalue weighted by molar-refractivity contribution is -0.160. The molecule has 4 aliphatic heterocycles. The third kappa shape index (κ3) is 4.57. The van der Waals surface area contributed by atoms with Crippen LogP contribution < -0.4 is 10.6 Å². The van der Waals surface area contributed by atoms with Gasteiger partial charge in [-0.2, -0.15) is 0 Å². The van der Waals surface area contributed by atoms with Crippen molar-refractivity contribution < 1.29 is 24.3 Å². The Balaban J connectivity index is 1.44. The number of thioether (sulfide) groups is 1. The lowest BCUT2D eigenvalue weighted by atomic mass is 9.73. The van der Waals surface area contributed by atoms with Crippen molar-refractivity contribution in [3.63, 3.8) is 0 Å². The monoisotopic (exact) mass is 478 g/mol. The van der Waals surface area contributed by atoms with Gasteiger partial charge in [-0.1, -0.05) is 13.8 Å². The number of fused-ring (bicyclic) bond motifs is 1. The molecule has 0 bridgehead atoms. The van der Waals surface area contributed by atoms with Gasteiger partial charge < -0.3 is 30.3 Å². The molecule has 4 aliphatic rings. The molecule has 0 spiro atoms. The zero-order valence-corrected chi connectivity index (χ0v) is 20.3. The first-order valence-electron chi connectivity index (χ1n) is 11.9. The summed E-state index contributed by atoms with van der Waals surface area (Å²) in [6.45, 7) is 9.21. The van der Waals surface area contributed by atoms with Crippen LogP contribution in [0.3, 0.4) is 0 Å². The van der Waals surface area contributed by atoms with Gasteiger partial charge in [-0.3, -0.25) is 9.59 Å². The smallest absolute Gasteiger partial charge is 0.353 e. The van der Waals surface area contributed by atoms with Gasteiger partial charge in [0.25, 0.3) is 0 Å². The first kappa shape index (κ1) is 24.2. The molecular weight excluding hydrogens is 444 g/mol. The Morgan fingerprint density at radius 1 is 1.24 bits per heavy atom. The number of carboxylic acid groups (broad SMARTS) is 1. The molecule has 4 heterocycles. The van der Waals surface area contributed by atoms with Crippen molar-refractivity contribution in [3.05, 3.63) is 10.6 Å². The fourth-order valence-electron chi connectivity index (χ4n) is 5.79. The summed E-state index contributed by atoms with van der Waals surface area (Å²) in [6.07, 6.45) is 1.90. The summed E-state index contributed by atoms with van der Waals surface area (Å²) in [6, 6.07) is -0.468. The van der Waals surface area contributed by atoms with Crippen LogP contribution in [0.2, 0.25) is 0 Å². The maximum absolute atomic E-state index is 13.0. The minimum atomic E-state index is -1.09. The van der Waals surface area contributed by atoms with Crippen molar-refractivity contribution >= 4 is 35.3 Å². The average Bonchev–Trinajstić information content (AvgIpc) is 3.17. The van der Waals surface area contributed by atoms with Crippen LogP contribution in [0.15, 0.2) is 10.6 Å². The molecule has 0 radical (unpaired) electrons. The van der Waals surface area contributed by atoms with E-state index in [-0.39, 0.29) is 58.4 Å². The second-order valence-corrected chi connectivity index (χ2v) is 11.1. The minimum Gasteiger partial charge on any atom is -0.477 e. The average molecular weight is 479 g/mol. The molecule has 9 nitrogen and oxygen atoms in total. The molecule has 0 aromatic carbocycles. The number of nitrogens with zero attached hydrogens (tertiary/aromatic N) is 2. The standard InChI is InChI=1S/C23H34N4O5S/c1-12(9-13(2)28)17-18-14(3)20(19(23(31)32)27(18)22(17)30)33-15-10-16(25-11-15)21(29)26-7-4-5-24-6-8-26/h12,14-18,24-25H,4-11H2,1-3H3,(H,31,32)/t12-,14+,15-,16-,17+,18+/m0/s1. The lowest BCUT2D eigenvalue weighted by Gasteiger charge is -2.47. The maximum atomic E-state index is 13.0. The van der Waals surface area contributed by atoms with E-state index < -0.39 is 5.97 Å². The van der Waals surface area contributed by atoms with Gasteiger partial charge in [0.05, 0.1) is 18.0 Å². The summed E-state index contributed by atoms with van der Waals surface area (Å²) >= 11 is 1.50. The number of carbonyl (C=O) groups is 4. The number of carbonyl (C=O) groups excluding carboxylic acids is 3. The fraction of sp³-hybridized carbons (Fsp3) is 0.739. The third-order valence-electron chi connectivity index (χ3n) is 7.35. The molecule has 33 heavy (non-hydrogen) atoms. The molecule has 0 saturated carbocycles. The number of rotatable bonds is 7. The van der Waals surface area contributed by atoms with Crippen LogP contribution in [0.1, 0.15) is 40.0 Å². The summed E-state index contributed by atoms with van der Waals surface area (Å²) < 4.78 is 0. The van der Waals surface area contributed by atoms with E-state index in [1.54, 1.807) is 0 Å². The Morgan fingerprint density at radius 2 is 2.00 bits per heavy atom. The largest absolute Gasteiger partial charge is 0.477 e. The van der Waals surface area contributed by atoms with Crippen LogP contribution in [-0.2, 0) is 19.2 Å². The number of Topliss-reactive ketones (excluding diaryl/α,β-unsaturated/α-hetero) is 1. The molecule has 3 N–H and O–H groups in total. The van der Waals surface area contributed by atoms with E-state index in [4.69, 9.17) is 0 Å². The number of aliphatic carboxylic acids is 1. The quantitative estimate of drug-likeness (QED) is 0.457. The molecule has 4 rings (SSSR count). The van der Waals surface area contributed by atoms with E-state index >= 15 is 0 Å². The molecule has 0 aliphatic carbocycles. The van der Waals surface area contributed by atoms with E-state index in [1.165, 1.54) is 23.6 Å². The van der Waals surface area contributed by atoms with Crippen LogP contribution in [0.4, 0.5) is 0 Å². The summed E-state index contributed by atoms with van der Waals surface area (Å²) in [5.41, 5.74) is 0.0853. The maximum Gasteiger partial charge on any atom is 0.353 e. The third-order valence-corrected chi connectivity index (χ3v) is 8.86. The van der Waals surface area contributed by atoms with E-state index in [2.05, 4.69) is 10.6 Å². The van der Waals surface area contributed by atoms with E-state index in [9.17, 15) is 24.3 Å². The number of nitrogens with one attached hydrogen (secondary N) is 2. The first-order valence-corrected chi connectivity index (χ1v) is 12.8. The molecule has 10 heteroatoms. The second-order valence-electron chi connectivity index (χ2n) is 9.78. The minimum absolute atomic E-state index is 0.0355. The van der Waals surface area contributed by atoms with Crippen molar-refractivity contribution in [1.29, 1.82) is 0 Å². The van der Waals surface area contributed by atoms with E-state index in [0.717, 1.165) is 31.0 Å².